The molecule has 3 amide bonds. The van der Waals surface area contributed by atoms with Gasteiger partial charge in [0, 0.05) is 39.3 Å². The Kier molecular flexibility index (Phi) is 8.54. The smallest absolute Gasteiger partial charge is 0.253 e. The van der Waals surface area contributed by atoms with Crippen LogP contribution in [-0.2, 0) is 14.3 Å². The van der Waals surface area contributed by atoms with Crippen molar-refractivity contribution < 1.29 is 19.1 Å². The summed E-state index contributed by atoms with van der Waals surface area (Å²) in [5.41, 5.74) is 0.343. The number of carbonyl (C=O) groups excluding carboxylic acids is 3. The van der Waals surface area contributed by atoms with Gasteiger partial charge in [0.25, 0.3) is 5.91 Å². The molecule has 1 aliphatic rings. The number of nitrogens with one attached hydrogen (secondary N) is 2. The van der Waals surface area contributed by atoms with Crippen LogP contribution in [-0.4, -0.2) is 62.5 Å². The number of halogens is 1. The topological polar surface area (TPSA) is 87.7 Å². The zero-order valence-corrected chi connectivity index (χ0v) is 16.3. The lowest BCUT2D eigenvalue weighted by molar-refractivity contribution is -0.134. The molecule has 2 rings (SSSR count). The van der Waals surface area contributed by atoms with Crippen LogP contribution >= 0.6 is 11.6 Å². The molecule has 1 aliphatic heterocycles. The van der Waals surface area contributed by atoms with Gasteiger partial charge >= 0.3 is 0 Å². The Hall–Kier alpha value is -2.12. The van der Waals surface area contributed by atoms with Crippen molar-refractivity contribution in [3.05, 3.63) is 34.9 Å². The summed E-state index contributed by atoms with van der Waals surface area (Å²) in [5, 5.41) is 5.85. The summed E-state index contributed by atoms with van der Waals surface area (Å²) in [4.78, 5) is 38.2. The van der Waals surface area contributed by atoms with Gasteiger partial charge in [0.05, 0.1) is 17.1 Å². The number of rotatable bonds is 8. The van der Waals surface area contributed by atoms with Gasteiger partial charge in [0.15, 0.2) is 0 Å². The van der Waals surface area contributed by atoms with Crippen LogP contribution < -0.4 is 10.6 Å². The number of methoxy groups -OCH3 is 1. The van der Waals surface area contributed by atoms with E-state index < -0.39 is 0 Å². The lowest BCUT2D eigenvalue weighted by Crippen LogP contribution is -2.46. The average molecular weight is 396 g/mol. The number of piperidine rings is 1. The molecule has 0 radical (unpaired) electrons. The zero-order chi connectivity index (χ0) is 19.6. The largest absolute Gasteiger partial charge is 0.385 e. The predicted molar refractivity (Wildman–Crippen MR) is 103 cm³/mol. The van der Waals surface area contributed by atoms with Crippen molar-refractivity contribution in [1.29, 1.82) is 0 Å². The molecule has 1 fully saturated rings. The molecule has 0 bridgehead atoms. The van der Waals surface area contributed by atoms with Gasteiger partial charge < -0.3 is 20.3 Å². The second-order valence-corrected chi connectivity index (χ2v) is 6.86. The summed E-state index contributed by atoms with van der Waals surface area (Å²) >= 11 is 5.98. The molecule has 1 aromatic carbocycles. The predicted octanol–water partition coefficient (Wildman–Crippen LogP) is 1.46. The summed E-state index contributed by atoms with van der Waals surface area (Å²) in [7, 11) is 1.63. The standard InChI is InChI=1S/C19H26ClN3O4/c1-27-12-4-9-21-18(25)14-7-10-23(11-8-14)17(24)13-22-19(26)15-5-2-3-6-16(15)20/h2-3,5-6,14H,4,7-13H2,1H3,(H,21,25)(H,22,26). The number of likely N-dealkylation sites (tertiary alicyclic amines) is 1. The number of hydrogen-bond acceptors (Lipinski definition) is 4. The molecule has 0 spiro atoms. The van der Waals surface area contributed by atoms with Crippen molar-refractivity contribution in [3.8, 4) is 0 Å². The second-order valence-electron chi connectivity index (χ2n) is 6.45. The Bertz CT molecular complexity index is 660. The third-order valence-electron chi connectivity index (χ3n) is 4.56. The highest BCUT2D eigenvalue weighted by atomic mass is 35.5. The van der Waals surface area contributed by atoms with Crippen molar-refractivity contribution >= 4 is 29.3 Å². The lowest BCUT2D eigenvalue weighted by Gasteiger charge is -2.31. The van der Waals surface area contributed by atoms with E-state index in [-0.39, 0.29) is 30.2 Å². The fourth-order valence-electron chi connectivity index (χ4n) is 2.97. The summed E-state index contributed by atoms with van der Waals surface area (Å²) in [6.07, 6.45) is 2.03. The minimum absolute atomic E-state index is 0.0326. The number of carbonyl (C=O) groups is 3. The second kappa shape index (κ2) is 10.9. The van der Waals surface area contributed by atoms with Crippen LogP contribution in [0.25, 0.3) is 0 Å². The molecule has 0 aromatic heterocycles. The van der Waals surface area contributed by atoms with Crippen LogP contribution in [0.1, 0.15) is 29.6 Å². The van der Waals surface area contributed by atoms with Crippen LogP contribution in [0.5, 0.6) is 0 Å². The van der Waals surface area contributed by atoms with Gasteiger partial charge in [0.2, 0.25) is 11.8 Å². The molecule has 8 heteroatoms. The molecule has 0 aliphatic carbocycles. The average Bonchev–Trinajstić information content (AvgIpc) is 2.69. The van der Waals surface area contributed by atoms with Crippen molar-refractivity contribution in [2.75, 3.05) is 39.9 Å². The molecular weight excluding hydrogens is 370 g/mol. The van der Waals surface area contributed by atoms with Crippen molar-refractivity contribution in [2.24, 2.45) is 5.92 Å². The van der Waals surface area contributed by atoms with E-state index in [2.05, 4.69) is 10.6 Å². The van der Waals surface area contributed by atoms with E-state index in [4.69, 9.17) is 16.3 Å². The highest BCUT2D eigenvalue weighted by Gasteiger charge is 2.27. The quantitative estimate of drug-likeness (QED) is 0.652. The van der Waals surface area contributed by atoms with Crippen LogP contribution in [0.15, 0.2) is 24.3 Å². The van der Waals surface area contributed by atoms with Crippen molar-refractivity contribution in [2.45, 2.75) is 19.3 Å². The first-order valence-corrected chi connectivity index (χ1v) is 9.48. The van der Waals surface area contributed by atoms with Gasteiger partial charge in [-0.05, 0) is 31.4 Å². The maximum absolute atomic E-state index is 12.3. The number of benzene rings is 1. The number of amides is 3. The number of nitrogens with zero attached hydrogens (tertiary/aromatic N) is 1. The van der Waals surface area contributed by atoms with Gasteiger partial charge in [0.1, 0.15) is 0 Å². The Balaban J connectivity index is 1.71. The maximum atomic E-state index is 12.3. The van der Waals surface area contributed by atoms with Crippen molar-refractivity contribution in [1.82, 2.24) is 15.5 Å². The molecule has 2 N–H and O–H groups in total. The molecular formula is C19H26ClN3O4. The van der Waals surface area contributed by atoms with Gasteiger partial charge in [-0.15, -0.1) is 0 Å². The maximum Gasteiger partial charge on any atom is 0.253 e. The molecule has 148 valence electrons. The Morgan fingerprint density at radius 3 is 2.56 bits per heavy atom. The van der Waals surface area contributed by atoms with E-state index in [0.717, 1.165) is 6.42 Å². The normalized spacial score (nSPS) is 14.7. The molecule has 1 heterocycles. The van der Waals surface area contributed by atoms with Gasteiger partial charge in [-0.3, -0.25) is 14.4 Å². The van der Waals surface area contributed by atoms with Gasteiger partial charge in [-0.25, -0.2) is 0 Å². The van der Waals surface area contributed by atoms with E-state index in [1.54, 1.807) is 36.3 Å². The van der Waals surface area contributed by atoms with Crippen LogP contribution in [0, 0.1) is 5.92 Å². The highest BCUT2D eigenvalue weighted by Crippen LogP contribution is 2.18. The zero-order valence-electron chi connectivity index (χ0n) is 15.5. The lowest BCUT2D eigenvalue weighted by atomic mass is 9.96. The molecule has 0 unspecified atom stereocenters. The number of hydrogen-bond donors (Lipinski definition) is 2. The molecule has 0 saturated carbocycles. The monoisotopic (exact) mass is 395 g/mol. The van der Waals surface area contributed by atoms with E-state index in [1.807, 2.05) is 0 Å². The molecule has 27 heavy (non-hydrogen) atoms. The van der Waals surface area contributed by atoms with Crippen molar-refractivity contribution in [3.63, 3.8) is 0 Å². The van der Waals surface area contributed by atoms with E-state index >= 15 is 0 Å². The third-order valence-corrected chi connectivity index (χ3v) is 4.89. The fraction of sp³-hybridized carbons (Fsp3) is 0.526. The summed E-state index contributed by atoms with van der Waals surface area (Å²) in [6.45, 7) is 2.15. The minimum atomic E-state index is -0.376. The Morgan fingerprint density at radius 1 is 1.19 bits per heavy atom. The van der Waals surface area contributed by atoms with Crippen LogP contribution in [0.3, 0.4) is 0 Å². The summed E-state index contributed by atoms with van der Waals surface area (Å²) in [6, 6.07) is 6.69. The Morgan fingerprint density at radius 2 is 1.89 bits per heavy atom. The third kappa shape index (κ3) is 6.52. The van der Waals surface area contributed by atoms with E-state index in [0.29, 0.717) is 49.7 Å². The molecule has 7 nitrogen and oxygen atoms in total. The first-order valence-electron chi connectivity index (χ1n) is 9.10. The Labute approximate surface area is 164 Å². The first kappa shape index (κ1) is 21.2. The van der Waals surface area contributed by atoms with E-state index in [9.17, 15) is 14.4 Å². The molecule has 1 aromatic rings. The summed E-state index contributed by atoms with van der Waals surface area (Å²) in [5.74, 6) is -0.576. The highest BCUT2D eigenvalue weighted by molar-refractivity contribution is 6.33. The van der Waals surface area contributed by atoms with Gasteiger partial charge in [-0.2, -0.15) is 0 Å². The summed E-state index contributed by atoms with van der Waals surface area (Å²) < 4.78 is 4.95. The molecule has 1 saturated heterocycles. The van der Waals surface area contributed by atoms with Crippen LogP contribution in [0.2, 0.25) is 5.02 Å². The first-order chi connectivity index (χ1) is 13.0. The minimum Gasteiger partial charge on any atom is -0.385 e. The molecule has 0 atom stereocenters. The van der Waals surface area contributed by atoms with Gasteiger partial charge in [-0.1, -0.05) is 23.7 Å². The van der Waals surface area contributed by atoms with Crippen LogP contribution in [0.4, 0.5) is 0 Å². The number of ether oxygens (including phenoxy) is 1. The fourth-order valence-corrected chi connectivity index (χ4v) is 3.19. The van der Waals surface area contributed by atoms with E-state index in [1.165, 1.54) is 0 Å². The SMILES string of the molecule is COCCCNC(=O)C1CCN(C(=O)CNC(=O)c2ccccc2Cl)CC1.